The monoisotopic (exact) mass is 280 g/mol. The summed E-state index contributed by atoms with van der Waals surface area (Å²) in [6, 6.07) is 2.75. The minimum atomic E-state index is -4.58. The Labute approximate surface area is 108 Å². The van der Waals surface area contributed by atoms with Crippen LogP contribution in [0.3, 0.4) is 0 Å². The Balaban J connectivity index is 3.13. The summed E-state index contributed by atoms with van der Waals surface area (Å²) in [7, 11) is 1.20. The van der Waals surface area contributed by atoms with E-state index in [-0.39, 0.29) is 24.3 Å². The Morgan fingerprint density at radius 1 is 1.21 bits per heavy atom. The van der Waals surface area contributed by atoms with Gasteiger partial charge in [-0.05, 0) is 30.2 Å². The van der Waals surface area contributed by atoms with Gasteiger partial charge in [0.2, 0.25) is 0 Å². The second kappa shape index (κ2) is 6.23. The van der Waals surface area contributed by atoms with Gasteiger partial charge in [0.25, 0.3) is 0 Å². The minimum Gasteiger partial charge on any atom is -0.497 e. The Hall–Kier alpha value is -1.31. The Bertz CT molecular complexity index is 420. The van der Waals surface area contributed by atoms with Crippen molar-refractivity contribution in [2.45, 2.75) is 24.8 Å². The Kier molecular flexibility index (Phi) is 5.16. The zero-order valence-corrected chi connectivity index (χ0v) is 10.2. The fourth-order valence-corrected chi connectivity index (χ4v) is 1.59. The number of aliphatic hydroxyl groups is 3. The summed E-state index contributed by atoms with van der Waals surface area (Å²) >= 11 is 0. The molecule has 0 amide bonds. The number of ether oxygens (including phenoxy) is 1. The summed E-state index contributed by atoms with van der Waals surface area (Å²) in [5, 5.41) is 27.9. The highest BCUT2D eigenvalue weighted by Crippen LogP contribution is 2.34. The van der Waals surface area contributed by atoms with Gasteiger partial charge in [-0.2, -0.15) is 13.2 Å². The SMILES string of the molecule is COc1cc(C(O)C(O)CCO)cc(C(F)(F)F)c1. The van der Waals surface area contributed by atoms with E-state index in [2.05, 4.69) is 0 Å². The van der Waals surface area contributed by atoms with Crippen LogP contribution in [0.4, 0.5) is 13.2 Å². The molecule has 0 radical (unpaired) electrons. The molecule has 0 fully saturated rings. The standard InChI is InChI=1S/C12H15F3O4/c1-19-9-5-7(11(18)10(17)2-3-16)4-8(6-9)12(13,14)15/h4-6,10-11,16-18H,2-3H2,1H3. The number of halogens is 3. The van der Waals surface area contributed by atoms with Crippen molar-refractivity contribution in [2.75, 3.05) is 13.7 Å². The van der Waals surface area contributed by atoms with Gasteiger partial charge in [0.05, 0.1) is 18.8 Å². The molecular weight excluding hydrogens is 265 g/mol. The van der Waals surface area contributed by atoms with Crippen LogP contribution in [-0.2, 0) is 6.18 Å². The molecule has 1 aromatic carbocycles. The zero-order valence-electron chi connectivity index (χ0n) is 10.2. The average Bonchev–Trinajstić information content (AvgIpc) is 2.36. The zero-order chi connectivity index (χ0) is 14.6. The van der Waals surface area contributed by atoms with Crippen LogP contribution in [0.5, 0.6) is 5.75 Å². The molecule has 1 rings (SSSR count). The molecule has 0 aromatic heterocycles. The summed E-state index contributed by atoms with van der Waals surface area (Å²) in [5.41, 5.74) is -1.09. The van der Waals surface area contributed by atoms with Crippen molar-refractivity contribution in [3.05, 3.63) is 29.3 Å². The lowest BCUT2D eigenvalue weighted by Crippen LogP contribution is -2.20. The van der Waals surface area contributed by atoms with Crippen molar-refractivity contribution >= 4 is 0 Å². The maximum absolute atomic E-state index is 12.7. The van der Waals surface area contributed by atoms with E-state index in [0.29, 0.717) is 0 Å². The van der Waals surface area contributed by atoms with Crippen molar-refractivity contribution in [1.82, 2.24) is 0 Å². The summed E-state index contributed by atoms with van der Waals surface area (Å²) in [5.74, 6) is -0.0694. The molecule has 0 bridgehead atoms. The third-order valence-corrected chi connectivity index (χ3v) is 2.62. The van der Waals surface area contributed by atoms with Crippen LogP contribution in [-0.4, -0.2) is 35.1 Å². The molecule has 2 atom stereocenters. The van der Waals surface area contributed by atoms with Crippen LogP contribution in [0, 0.1) is 0 Å². The van der Waals surface area contributed by atoms with Gasteiger partial charge in [-0.1, -0.05) is 0 Å². The van der Waals surface area contributed by atoms with Crippen molar-refractivity contribution in [2.24, 2.45) is 0 Å². The third kappa shape index (κ3) is 4.09. The first kappa shape index (κ1) is 15.7. The van der Waals surface area contributed by atoms with E-state index in [0.717, 1.165) is 12.1 Å². The van der Waals surface area contributed by atoms with Gasteiger partial charge in [0.15, 0.2) is 0 Å². The molecule has 4 nitrogen and oxygen atoms in total. The first-order chi connectivity index (χ1) is 8.79. The van der Waals surface area contributed by atoms with E-state index in [9.17, 15) is 23.4 Å². The van der Waals surface area contributed by atoms with Crippen LogP contribution < -0.4 is 4.74 Å². The molecule has 1 aromatic rings. The molecule has 3 N–H and O–H groups in total. The number of rotatable bonds is 5. The number of alkyl halides is 3. The topological polar surface area (TPSA) is 69.9 Å². The molecule has 19 heavy (non-hydrogen) atoms. The van der Waals surface area contributed by atoms with Gasteiger partial charge in [0.1, 0.15) is 11.9 Å². The highest BCUT2D eigenvalue weighted by atomic mass is 19.4. The molecule has 0 aliphatic carbocycles. The molecule has 7 heteroatoms. The van der Waals surface area contributed by atoms with Crippen LogP contribution >= 0.6 is 0 Å². The normalized spacial score (nSPS) is 15.1. The molecule has 0 heterocycles. The van der Waals surface area contributed by atoms with Gasteiger partial charge in [-0.25, -0.2) is 0 Å². The summed E-state index contributed by atoms with van der Waals surface area (Å²) in [6.45, 7) is -0.381. The Morgan fingerprint density at radius 2 is 1.84 bits per heavy atom. The fraction of sp³-hybridized carbons (Fsp3) is 0.500. The van der Waals surface area contributed by atoms with Gasteiger partial charge >= 0.3 is 6.18 Å². The smallest absolute Gasteiger partial charge is 0.416 e. The lowest BCUT2D eigenvalue weighted by Gasteiger charge is -2.19. The number of benzene rings is 1. The summed E-state index contributed by atoms with van der Waals surface area (Å²) in [4.78, 5) is 0. The highest BCUT2D eigenvalue weighted by molar-refractivity contribution is 5.37. The highest BCUT2D eigenvalue weighted by Gasteiger charge is 2.32. The van der Waals surface area contributed by atoms with Gasteiger partial charge in [0, 0.05) is 6.61 Å². The van der Waals surface area contributed by atoms with E-state index >= 15 is 0 Å². The lowest BCUT2D eigenvalue weighted by molar-refractivity contribution is -0.137. The van der Waals surface area contributed by atoms with Crippen molar-refractivity contribution < 1.29 is 33.2 Å². The van der Waals surface area contributed by atoms with E-state index in [4.69, 9.17) is 9.84 Å². The van der Waals surface area contributed by atoms with Gasteiger partial charge in [-0.3, -0.25) is 0 Å². The largest absolute Gasteiger partial charge is 0.497 e. The predicted octanol–water partition coefficient (Wildman–Crippen LogP) is 1.49. The lowest BCUT2D eigenvalue weighted by atomic mass is 9.99. The maximum Gasteiger partial charge on any atom is 0.416 e. The van der Waals surface area contributed by atoms with Crippen LogP contribution in [0.25, 0.3) is 0 Å². The van der Waals surface area contributed by atoms with E-state index in [1.165, 1.54) is 13.2 Å². The maximum atomic E-state index is 12.7. The molecule has 0 saturated carbocycles. The predicted molar refractivity (Wildman–Crippen MR) is 60.7 cm³/mol. The number of aliphatic hydroxyl groups excluding tert-OH is 3. The molecule has 2 unspecified atom stereocenters. The van der Waals surface area contributed by atoms with Crippen LogP contribution in [0.2, 0.25) is 0 Å². The molecule has 0 aliphatic heterocycles. The first-order valence-corrected chi connectivity index (χ1v) is 5.52. The van der Waals surface area contributed by atoms with E-state index in [1.807, 2.05) is 0 Å². The van der Waals surface area contributed by atoms with E-state index < -0.39 is 23.9 Å². The molecule has 108 valence electrons. The average molecular weight is 280 g/mol. The number of hydrogen-bond acceptors (Lipinski definition) is 4. The minimum absolute atomic E-state index is 0.0694. The van der Waals surface area contributed by atoms with E-state index in [1.54, 1.807) is 0 Å². The van der Waals surface area contributed by atoms with Crippen LogP contribution in [0.1, 0.15) is 23.7 Å². The molecule has 0 aliphatic rings. The van der Waals surface area contributed by atoms with Gasteiger partial charge < -0.3 is 20.1 Å². The molecule has 0 saturated heterocycles. The second-order valence-electron chi connectivity index (χ2n) is 4.02. The molecular formula is C12H15F3O4. The fourth-order valence-electron chi connectivity index (χ4n) is 1.59. The van der Waals surface area contributed by atoms with Crippen molar-refractivity contribution in [3.63, 3.8) is 0 Å². The Morgan fingerprint density at radius 3 is 2.32 bits per heavy atom. The van der Waals surface area contributed by atoms with Crippen molar-refractivity contribution in [3.8, 4) is 5.75 Å². The van der Waals surface area contributed by atoms with Gasteiger partial charge in [-0.15, -0.1) is 0 Å². The first-order valence-electron chi connectivity index (χ1n) is 5.52. The number of methoxy groups -OCH3 is 1. The van der Waals surface area contributed by atoms with Crippen molar-refractivity contribution in [1.29, 1.82) is 0 Å². The summed E-state index contributed by atoms with van der Waals surface area (Å²) < 4.78 is 42.7. The van der Waals surface area contributed by atoms with Crippen LogP contribution in [0.15, 0.2) is 18.2 Å². The number of hydrogen-bond donors (Lipinski definition) is 3. The second-order valence-corrected chi connectivity index (χ2v) is 4.02. The molecule has 0 spiro atoms. The summed E-state index contributed by atoms with van der Waals surface area (Å²) in [6.07, 6.45) is -7.59. The quantitative estimate of drug-likeness (QED) is 0.764. The third-order valence-electron chi connectivity index (χ3n) is 2.62.